The normalized spacial score (nSPS) is 34.5. The molecular weight excluding hydrogens is 475 g/mol. The van der Waals surface area contributed by atoms with Crippen molar-refractivity contribution in [2.45, 2.75) is 95.0 Å². The van der Waals surface area contributed by atoms with Gasteiger partial charge in [-0.05, 0) is 43.7 Å². The molecule has 7 nitrogen and oxygen atoms in total. The highest BCUT2D eigenvalue weighted by Gasteiger charge is 2.60. The fourth-order valence-electron chi connectivity index (χ4n) is 6.66. The second kappa shape index (κ2) is 10.2. The van der Waals surface area contributed by atoms with Crippen molar-refractivity contribution in [2.75, 3.05) is 26.9 Å². The van der Waals surface area contributed by atoms with Crippen LogP contribution in [-0.2, 0) is 38.1 Å². The van der Waals surface area contributed by atoms with E-state index >= 15 is 0 Å². The first-order valence-corrected chi connectivity index (χ1v) is 13.1. The fourth-order valence-corrected chi connectivity index (χ4v) is 6.66. The lowest BCUT2D eigenvalue weighted by Gasteiger charge is -2.37. The topological polar surface area (TPSA) is 72.9 Å². The van der Waals surface area contributed by atoms with Gasteiger partial charge in [0.2, 0.25) is 5.91 Å². The van der Waals surface area contributed by atoms with E-state index in [4.69, 9.17) is 14.2 Å². The molecule has 0 aromatic carbocycles. The second-order valence-corrected chi connectivity index (χ2v) is 10.7. The number of nitrogens with one attached hydrogen (secondary N) is 1. The molecule has 36 heavy (non-hydrogen) atoms. The molecule has 3 unspecified atom stereocenters. The quantitative estimate of drug-likeness (QED) is 0.631. The van der Waals surface area contributed by atoms with E-state index in [2.05, 4.69) is 17.2 Å². The van der Waals surface area contributed by atoms with Crippen LogP contribution in [-0.4, -0.2) is 73.1 Å². The van der Waals surface area contributed by atoms with Gasteiger partial charge in [-0.3, -0.25) is 9.78 Å². The molecule has 1 aliphatic carbocycles. The number of carbonyl (C=O) groups is 1. The zero-order valence-electron chi connectivity index (χ0n) is 21.0. The van der Waals surface area contributed by atoms with Crippen molar-refractivity contribution in [3.05, 3.63) is 29.1 Å². The number of amides is 1. The first-order valence-electron chi connectivity index (χ1n) is 13.1. The molecule has 5 rings (SSSR count). The van der Waals surface area contributed by atoms with Gasteiger partial charge in [0.1, 0.15) is 0 Å². The number of ether oxygens (including phenoxy) is 3. The first-order chi connectivity index (χ1) is 17.2. The van der Waals surface area contributed by atoms with Gasteiger partial charge in [-0.15, -0.1) is 0 Å². The maximum Gasteiger partial charge on any atom is 0.417 e. The maximum atomic E-state index is 14.1. The van der Waals surface area contributed by atoms with E-state index in [1.165, 1.54) is 0 Å². The molecule has 200 valence electrons. The number of aromatic nitrogens is 1. The molecule has 0 bridgehead atoms. The number of nitrogens with zero attached hydrogens (tertiary/aromatic N) is 2. The highest BCUT2D eigenvalue weighted by Crippen LogP contribution is 2.52. The molecule has 1 N–H and O–H groups in total. The number of pyridine rings is 1. The summed E-state index contributed by atoms with van der Waals surface area (Å²) in [4.78, 5) is 19.9. The third-order valence-corrected chi connectivity index (χ3v) is 8.42. The van der Waals surface area contributed by atoms with E-state index in [1.807, 2.05) is 0 Å². The van der Waals surface area contributed by atoms with Gasteiger partial charge in [0.05, 0.1) is 35.9 Å². The van der Waals surface area contributed by atoms with Crippen molar-refractivity contribution >= 4 is 5.91 Å². The molecule has 1 amide bonds. The van der Waals surface area contributed by atoms with Crippen LogP contribution >= 0.6 is 0 Å². The molecule has 0 spiro atoms. The zero-order valence-corrected chi connectivity index (χ0v) is 21.0. The Morgan fingerprint density at radius 1 is 1.36 bits per heavy atom. The molecule has 4 heterocycles. The zero-order chi connectivity index (χ0) is 25.5. The molecule has 1 saturated carbocycles. The molecule has 10 heteroatoms. The molecule has 3 aliphatic heterocycles. The number of hydrogen-bond acceptors (Lipinski definition) is 6. The number of methoxy groups -OCH3 is 1. The number of carbonyl (C=O) groups excluding carboxylic acids is 1. The minimum absolute atomic E-state index is 0.00809. The number of alkyl halides is 3. The predicted octanol–water partition coefficient (Wildman–Crippen LogP) is 3.49. The molecule has 2 saturated heterocycles. The summed E-state index contributed by atoms with van der Waals surface area (Å²) in [6.45, 7) is 3.94. The van der Waals surface area contributed by atoms with Gasteiger partial charge in [0.15, 0.2) is 0 Å². The van der Waals surface area contributed by atoms with Crippen LogP contribution in [0.25, 0.3) is 0 Å². The molecule has 6 atom stereocenters. The second-order valence-electron chi connectivity index (χ2n) is 10.7. The van der Waals surface area contributed by atoms with E-state index in [0.717, 1.165) is 37.9 Å². The van der Waals surface area contributed by atoms with Crippen LogP contribution in [0.2, 0.25) is 0 Å². The van der Waals surface area contributed by atoms with Crippen molar-refractivity contribution in [1.29, 1.82) is 0 Å². The summed E-state index contributed by atoms with van der Waals surface area (Å²) < 4.78 is 57.4. The average molecular weight is 512 g/mol. The summed E-state index contributed by atoms with van der Waals surface area (Å²) in [6, 6.07) is 1.41. The molecule has 1 aromatic rings. The highest BCUT2D eigenvalue weighted by atomic mass is 19.4. The number of halogens is 3. The summed E-state index contributed by atoms with van der Waals surface area (Å²) in [5.74, 6) is 0.00809. The van der Waals surface area contributed by atoms with Crippen LogP contribution < -0.4 is 5.32 Å². The van der Waals surface area contributed by atoms with Gasteiger partial charge in [0, 0.05) is 57.2 Å². The van der Waals surface area contributed by atoms with Gasteiger partial charge < -0.3 is 24.4 Å². The Labute approximate surface area is 210 Å². The van der Waals surface area contributed by atoms with Crippen LogP contribution in [0.3, 0.4) is 0 Å². The average Bonchev–Trinajstić information content (AvgIpc) is 3.37. The van der Waals surface area contributed by atoms with Crippen LogP contribution in [0.4, 0.5) is 13.2 Å². The molecule has 1 aromatic heterocycles. The number of fused-ring (bicyclic) bond motifs is 2. The Hall–Kier alpha value is -1.75. The molecule has 3 fully saturated rings. The van der Waals surface area contributed by atoms with Crippen molar-refractivity contribution in [3.63, 3.8) is 0 Å². The number of hydrogen-bond donors (Lipinski definition) is 1. The highest BCUT2D eigenvalue weighted by molar-refractivity contribution is 5.84. The van der Waals surface area contributed by atoms with Gasteiger partial charge in [-0.1, -0.05) is 13.3 Å². The fraction of sp³-hybridized carbons (Fsp3) is 0.769. The smallest absolute Gasteiger partial charge is 0.379 e. The van der Waals surface area contributed by atoms with Crippen molar-refractivity contribution in [2.24, 2.45) is 5.41 Å². The minimum atomic E-state index is -4.46. The number of rotatable bonds is 6. The molecular formula is C26H36F3N3O4. The van der Waals surface area contributed by atoms with Crippen molar-refractivity contribution < 1.29 is 32.2 Å². The summed E-state index contributed by atoms with van der Waals surface area (Å²) >= 11 is 0. The van der Waals surface area contributed by atoms with Gasteiger partial charge >= 0.3 is 6.18 Å². The van der Waals surface area contributed by atoms with Crippen LogP contribution in [0.15, 0.2) is 12.3 Å². The van der Waals surface area contributed by atoms with Gasteiger partial charge in [0.25, 0.3) is 0 Å². The van der Waals surface area contributed by atoms with E-state index in [1.54, 1.807) is 12.0 Å². The van der Waals surface area contributed by atoms with Crippen molar-refractivity contribution in [3.8, 4) is 0 Å². The van der Waals surface area contributed by atoms with Crippen LogP contribution in [0.5, 0.6) is 0 Å². The van der Waals surface area contributed by atoms with E-state index in [-0.39, 0.29) is 42.8 Å². The lowest BCUT2D eigenvalue weighted by atomic mass is 9.78. The summed E-state index contributed by atoms with van der Waals surface area (Å²) in [6.07, 6.45) is 1.48. The minimum Gasteiger partial charge on any atom is -0.379 e. The van der Waals surface area contributed by atoms with Gasteiger partial charge in [-0.2, -0.15) is 13.2 Å². The Balaban J connectivity index is 1.35. The summed E-state index contributed by atoms with van der Waals surface area (Å²) in [5, 5.41) is 3.73. The monoisotopic (exact) mass is 511 g/mol. The maximum absolute atomic E-state index is 14.1. The Morgan fingerprint density at radius 3 is 2.94 bits per heavy atom. The Bertz CT molecular complexity index is 961. The first kappa shape index (κ1) is 25.9. The van der Waals surface area contributed by atoms with Crippen molar-refractivity contribution in [1.82, 2.24) is 15.2 Å². The lowest BCUT2D eigenvalue weighted by molar-refractivity contribution is -0.145. The van der Waals surface area contributed by atoms with E-state index in [9.17, 15) is 18.0 Å². The lowest BCUT2D eigenvalue weighted by Crippen LogP contribution is -2.51. The SMILES string of the molecule is CCCC1C[C@@]2(C(=O)N3CCc4ncc(C(F)(F)F)cc4C3)C[C@H](NC3CCOCC3OC)C[C@H]2O1. The largest absolute Gasteiger partial charge is 0.417 e. The van der Waals surface area contributed by atoms with Crippen LogP contribution in [0, 0.1) is 5.41 Å². The Morgan fingerprint density at radius 2 is 2.19 bits per heavy atom. The molecule has 4 aliphatic rings. The van der Waals surface area contributed by atoms with E-state index < -0.39 is 17.2 Å². The summed E-state index contributed by atoms with van der Waals surface area (Å²) in [5.41, 5.74) is -0.298. The summed E-state index contributed by atoms with van der Waals surface area (Å²) in [7, 11) is 1.69. The Kier molecular flexibility index (Phi) is 7.33. The van der Waals surface area contributed by atoms with Gasteiger partial charge in [-0.25, -0.2) is 0 Å². The third-order valence-electron chi connectivity index (χ3n) is 8.42. The van der Waals surface area contributed by atoms with E-state index in [0.29, 0.717) is 50.3 Å². The predicted molar refractivity (Wildman–Crippen MR) is 125 cm³/mol. The standard InChI is InChI=1S/C26H36F3N3O4/c1-3-4-19-12-25(11-18(10-23(25)36-19)31-21-6-8-35-15-22(21)34-2)24(33)32-7-5-20-16(14-32)9-17(13-30-20)26(27,28)29/h9,13,18-19,21-23,31H,3-8,10-12,14-15H2,1-2H3/t18-,19?,21?,22?,23-,25+/m1/s1. The molecule has 0 radical (unpaired) electrons. The van der Waals surface area contributed by atoms with Crippen LogP contribution in [0.1, 0.15) is 62.3 Å². The third kappa shape index (κ3) is 4.89.